The van der Waals surface area contributed by atoms with E-state index in [1.165, 1.54) is 0 Å². The largest absolute Gasteiger partial charge is 0.382 e. The Kier molecular flexibility index (Phi) is 22.5. The van der Waals surface area contributed by atoms with E-state index in [0.717, 1.165) is 0 Å². The second-order valence-electron chi connectivity index (χ2n) is 10.4. The van der Waals surface area contributed by atoms with Gasteiger partial charge >= 0.3 is 12.1 Å². The second kappa shape index (κ2) is 26.8. The maximum Gasteiger partial charge on any atom is 0.321 e. The first-order chi connectivity index (χ1) is 23.9. The van der Waals surface area contributed by atoms with Gasteiger partial charge in [-0.25, -0.2) is 19.0 Å². The molecule has 0 aliphatic heterocycles. The summed E-state index contributed by atoms with van der Waals surface area (Å²) in [5, 5.41) is 25.6. The predicted octanol–water partition coefficient (Wildman–Crippen LogP) is -0.469. The third-order valence-electron chi connectivity index (χ3n) is 6.38. The van der Waals surface area contributed by atoms with E-state index in [2.05, 4.69) is 41.9 Å². The van der Waals surface area contributed by atoms with Crippen LogP contribution in [0.15, 0.2) is 12.4 Å². The van der Waals surface area contributed by atoms with Crippen molar-refractivity contribution >= 4 is 23.9 Å². The predicted molar refractivity (Wildman–Crippen MR) is 171 cm³/mol. The number of hydrogen-bond donors (Lipinski definition) is 4. The molecule has 0 atom stereocenters. The van der Waals surface area contributed by atoms with Crippen molar-refractivity contribution in [2.45, 2.75) is 58.3 Å². The molecule has 20 nitrogen and oxygen atoms in total. The highest BCUT2D eigenvalue weighted by atomic mass is 16.5. The summed E-state index contributed by atoms with van der Waals surface area (Å²) >= 11 is 0. The van der Waals surface area contributed by atoms with Crippen LogP contribution in [0.1, 0.15) is 43.5 Å². The molecule has 2 heterocycles. The van der Waals surface area contributed by atoms with Gasteiger partial charge in [0, 0.05) is 27.1 Å². The molecule has 0 aromatic carbocycles. The van der Waals surface area contributed by atoms with E-state index in [4.69, 9.17) is 28.4 Å². The molecule has 0 unspecified atom stereocenters. The topological polar surface area (TPSA) is 233 Å². The summed E-state index contributed by atoms with van der Waals surface area (Å²) in [6.45, 7) is 5.99. The van der Waals surface area contributed by atoms with Gasteiger partial charge in [-0.15, -0.1) is 10.2 Å². The van der Waals surface area contributed by atoms with Crippen LogP contribution in [0.25, 0.3) is 0 Å². The third kappa shape index (κ3) is 21.5. The van der Waals surface area contributed by atoms with Crippen molar-refractivity contribution in [1.29, 1.82) is 0 Å². The number of carbonyl (C=O) groups is 4. The van der Waals surface area contributed by atoms with Crippen LogP contribution < -0.4 is 21.3 Å². The van der Waals surface area contributed by atoms with Crippen molar-refractivity contribution in [2.24, 2.45) is 0 Å². The van der Waals surface area contributed by atoms with E-state index >= 15 is 0 Å². The number of ether oxygens (including phenoxy) is 6. The SMILES string of the molecule is COCCOCCOCCn1cc(CNC(=O)NC(=O)CCCCCC(=O)NC(=O)NCc2cn(CCOCCOCCOC)nn2)nn1. The minimum absolute atomic E-state index is 0.0959. The highest BCUT2D eigenvalue weighted by Gasteiger charge is 2.11. The summed E-state index contributed by atoms with van der Waals surface area (Å²) in [5.41, 5.74) is 1.05. The van der Waals surface area contributed by atoms with Crippen LogP contribution in [0.4, 0.5) is 9.59 Å². The first-order valence-electron chi connectivity index (χ1n) is 16.1. The fraction of sp³-hybridized carbons (Fsp3) is 0.724. The van der Waals surface area contributed by atoms with Crippen LogP contribution in [-0.4, -0.2) is 134 Å². The number of hydrogen-bond acceptors (Lipinski definition) is 14. The van der Waals surface area contributed by atoms with Gasteiger partial charge in [-0.05, 0) is 12.8 Å². The molecule has 276 valence electrons. The van der Waals surface area contributed by atoms with Crippen LogP contribution in [0.3, 0.4) is 0 Å². The fourth-order valence-electron chi connectivity index (χ4n) is 3.86. The van der Waals surface area contributed by atoms with Crippen molar-refractivity contribution in [3.05, 3.63) is 23.8 Å². The van der Waals surface area contributed by atoms with Crippen LogP contribution in [0.2, 0.25) is 0 Å². The number of rotatable bonds is 28. The molecule has 0 saturated heterocycles. The zero-order valence-electron chi connectivity index (χ0n) is 28.4. The molecule has 0 aliphatic carbocycles. The van der Waals surface area contributed by atoms with Crippen molar-refractivity contribution in [1.82, 2.24) is 51.3 Å². The summed E-state index contributed by atoms with van der Waals surface area (Å²) < 4.78 is 34.5. The average molecular weight is 699 g/mol. The lowest BCUT2D eigenvalue weighted by Crippen LogP contribution is -2.39. The number of methoxy groups -OCH3 is 2. The summed E-state index contributed by atoms with van der Waals surface area (Å²) in [6.07, 6.45) is 5.07. The van der Waals surface area contributed by atoms with E-state index in [-0.39, 0.29) is 25.9 Å². The Morgan fingerprint density at radius 3 is 1.37 bits per heavy atom. The second-order valence-corrected chi connectivity index (χ2v) is 10.4. The smallest absolute Gasteiger partial charge is 0.321 e. The first-order valence-corrected chi connectivity index (χ1v) is 16.1. The van der Waals surface area contributed by atoms with Crippen LogP contribution in [0.5, 0.6) is 0 Å². The van der Waals surface area contributed by atoms with Crippen molar-refractivity contribution in [2.75, 3.05) is 80.3 Å². The van der Waals surface area contributed by atoms with Crippen LogP contribution in [-0.2, 0) is 64.2 Å². The molecule has 0 aliphatic rings. The van der Waals surface area contributed by atoms with Gasteiger partial charge in [-0.3, -0.25) is 20.2 Å². The van der Waals surface area contributed by atoms with Crippen molar-refractivity contribution < 1.29 is 47.6 Å². The zero-order valence-corrected chi connectivity index (χ0v) is 28.4. The molecule has 2 rings (SSSR count). The number of imide groups is 2. The van der Waals surface area contributed by atoms with E-state index in [9.17, 15) is 19.2 Å². The van der Waals surface area contributed by atoms with E-state index < -0.39 is 23.9 Å². The molecule has 0 saturated carbocycles. The Hall–Kier alpha value is -4.08. The summed E-state index contributed by atoms with van der Waals surface area (Å²) in [6, 6.07) is -1.29. The maximum atomic E-state index is 12.1. The molecule has 0 radical (unpaired) electrons. The van der Waals surface area contributed by atoms with Crippen LogP contribution in [0, 0.1) is 0 Å². The van der Waals surface area contributed by atoms with Gasteiger partial charge in [-0.1, -0.05) is 16.8 Å². The van der Waals surface area contributed by atoms with E-state index in [1.807, 2.05) is 0 Å². The fourth-order valence-corrected chi connectivity index (χ4v) is 3.86. The van der Waals surface area contributed by atoms with Gasteiger partial charge in [0.05, 0.1) is 105 Å². The van der Waals surface area contributed by atoms with Gasteiger partial charge in [0.2, 0.25) is 11.8 Å². The third-order valence-corrected chi connectivity index (χ3v) is 6.38. The van der Waals surface area contributed by atoms with Crippen molar-refractivity contribution in [3.63, 3.8) is 0 Å². The molecule has 2 aromatic heterocycles. The number of nitrogens with zero attached hydrogens (tertiary/aromatic N) is 6. The molecule has 2 aromatic rings. The van der Waals surface area contributed by atoms with Gasteiger partial charge in [-0.2, -0.15) is 0 Å². The quantitative estimate of drug-likeness (QED) is 0.0824. The zero-order chi connectivity index (χ0) is 35.4. The number of unbranched alkanes of at least 4 members (excludes halogenated alkanes) is 2. The van der Waals surface area contributed by atoms with Crippen molar-refractivity contribution in [3.8, 4) is 0 Å². The highest BCUT2D eigenvalue weighted by Crippen LogP contribution is 2.03. The number of nitrogens with one attached hydrogen (secondary N) is 4. The average Bonchev–Trinajstić information content (AvgIpc) is 3.74. The Labute approximate surface area is 285 Å². The Morgan fingerprint density at radius 2 is 0.959 bits per heavy atom. The highest BCUT2D eigenvalue weighted by molar-refractivity contribution is 5.94. The number of aromatic nitrogens is 6. The van der Waals surface area contributed by atoms with E-state index in [0.29, 0.717) is 110 Å². The lowest BCUT2D eigenvalue weighted by molar-refractivity contribution is -0.120. The Morgan fingerprint density at radius 1 is 0.571 bits per heavy atom. The Bertz CT molecular complexity index is 1120. The normalized spacial score (nSPS) is 11.0. The minimum Gasteiger partial charge on any atom is -0.382 e. The lowest BCUT2D eigenvalue weighted by Gasteiger charge is -2.06. The molecular formula is C29H50N10O10. The van der Waals surface area contributed by atoms with Gasteiger partial charge in [0.1, 0.15) is 11.4 Å². The number of carbonyl (C=O) groups excluding carboxylic acids is 4. The molecule has 0 bridgehead atoms. The van der Waals surface area contributed by atoms with Gasteiger partial charge < -0.3 is 39.1 Å². The standard InChI is InChI=1S/C29H50N10O10/c1-44-12-14-48-18-16-46-10-8-38-22-24(34-36-38)20-30-28(42)32-26(40)6-4-3-5-7-27(41)33-29(43)31-21-25-23-39(37-35-25)9-11-47-17-19-49-15-13-45-2/h22-23H,3-21H2,1-2H3,(H2,30,32,40,42)(H2,31,33,41,43). The molecule has 49 heavy (non-hydrogen) atoms. The van der Waals surface area contributed by atoms with Gasteiger partial charge in [0.25, 0.3) is 0 Å². The monoisotopic (exact) mass is 698 g/mol. The number of urea groups is 2. The molecule has 6 amide bonds. The molecule has 0 fully saturated rings. The summed E-state index contributed by atoms with van der Waals surface area (Å²) in [7, 11) is 3.22. The molecular weight excluding hydrogens is 648 g/mol. The van der Waals surface area contributed by atoms with Gasteiger partial charge in [0.15, 0.2) is 0 Å². The Balaban J connectivity index is 1.44. The molecule has 0 spiro atoms. The number of amides is 6. The summed E-state index contributed by atoms with van der Waals surface area (Å²) in [5.74, 6) is -0.887. The van der Waals surface area contributed by atoms with Crippen LogP contribution >= 0.6 is 0 Å². The maximum absolute atomic E-state index is 12.1. The minimum atomic E-state index is -0.645. The summed E-state index contributed by atoms with van der Waals surface area (Å²) in [4.78, 5) is 48.2. The first kappa shape index (κ1) is 41.1. The lowest BCUT2D eigenvalue weighted by atomic mass is 10.1. The van der Waals surface area contributed by atoms with E-state index in [1.54, 1.807) is 36.0 Å². The molecule has 4 N–H and O–H groups in total. The molecule has 20 heteroatoms.